The van der Waals surface area contributed by atoms with E-state index in [9.17, 15) is 9.59 Å². The molecule has 0 radical (unpaired) electrons. The smallest absolute Gasteiger partial charge is 0.347 e. The Morgan fingerprint density at radius 3 is 2.33 bits per heavy atom. The Labute approximate surface area is 141 Å². The van der Waals surface area contributed by atoms with Gasteiger partial charge in [-0.3, -0.25) is 0 Å². The summed E-state index contributed by atoms with van der Waals surface area (Å²) in [5.41, 5.74) is 0.486. The van der Waals surface area contributed by atoms with Crippen LogP contribution < -0.4 is 10.1 Å². The van der Waals surface area contributed by atoms with Crippen molar-refractivity contribution in [2.45, 2.75) is 26.7 Å². The summed E-state index contributed by atoms with van der Waals surface area (Å²) in [5.74, 6) is -0.143. The minimum atomic E-state index is -0.722. The number of benzene rings is 1. The van der Waals surface area contributed by atoms with Crippen LogP contribution in [-0.2, 0) is 19.1 Å². The standard InChI is InChI=1S/C18H23NO5/c1-3-22-17(20)14(18(21)23-4-2)11-19-15-7-5-6-8-16(15)24-12-13-9-10-13/h5-8,11,13,19H,3-4,9-10,12H2,1-2H3. The fourth-order valence-electron chi connectivity index (χ4n) is 1.97. The van der Waals surface area contributed by atoms with Gasteiger partial charge in [0, 0.05) is 6.20 Å². The van der Waals surface area contributed by atoms with Crippen molar-refractivity contribution in [3.8, 4) is 5.75 Å². The van der Waals surface area contributed by atoms with Crippen LogP contribution in [0.1, 0.15) is 26.7 Å². The van der Waals surface area contributed by atoms with Gasteiger partial charge in [-0.2, -0.15) is 0 Å². The highest BCUT2D eigenvalue weighted by atomic mass is 16.6. The highest BCUT2D eigenvalue weighted by molar-refractivity contribution is 6.14. The number of anilines is 1. The number of para-hydroxylation sites is 2. The third kappa shape index (κ3) is 5.30. The van der Waals surface area contributed by atoms with Gasteiger partial charge in [0.15, 0.2) is 5.57 Å². The van der Waals surface area contributed by atoms with E-state index < -0.39 is 11.9 Å². The Balaban J connectivity index is 2.11. The summed E-state index contributed by atoms with van der Waals surface area (Å²) in [7, 11) is 0. The lowest BCUT2D eigenvalue weighted by Gasteiger charge is -2.12. The molecular formula is C18H23NO5. The summed E-state index contributed by atoms with van der Waals surface area (Å²) >= 11 is 0. The van der Waals surface area contributed by atoms with Crippen molar-refractivity contribution in [1.29, 1.82) is 0 Å². The highest BCUT2D eigenvalue weighted by Gasteiger charge is 2.23. The number of hydrogen-bond donors (Lipinski definition) is 1. The predicted molar refractivity (Wildman–Crippen MR) is 89.6 cm³/mol. The Bertz CT molecular complexity index is 587. The molecule has 0 aliphatic heterocycles. The number of hydrogen-bond acceptors (Lipinski definition) is 6. The maximum absolute atomic E-state index is 11.9. The van der Waals surface area contributed by atoms with E-state index in [0.717, 1.165) is 0 Å². The van der Waals surface area contributed by atoms with Gasteiger partial charge in [0.2, 0.25) is 0 Å². The molecule has 0 atom stereocenters. The van der Waals surface area contributed by atoms with Crippen LogP contribution in [0, 0.1) is 5.92 Å². The van der Waals surface area contributed by atoms with Gasteiger partial charge in [0.05, 0.1) is 25.5 Å². The molecule has 2 rings (SSSR count). The first-order chi connectivity index (χ1) is 11.7. The van der Waals surface area contributed by atoms with Crippen LogP contribution in [0.25, 0.3) is 0 Å². The Morgan fingerprint density at radius 1 is 1.12 bits per heavy atom. The normalized spacial score (nSPS) is 12.9. The molecule has 1 aliphatic rings. The van der Waals surface area contributed by atoms with Crippen LogP contribution in [0.5, 0.6) is 5.75 Å². The maximum Gasteiger partial charge on any atom is 0.347 e. The molecular weight excluding hydrogens is 310 g/mol. The van der Waals surface area contributed by atoms with E-state index in [0.29, 0.717) is 24.0 Å². The molecule has 1 fully saturated rings. The largest absolute Gasteiger partial charge is 0.491 e. The lowest BCUT2D eigenvalue weighted by molar-refractivity contribution is -0.146. The number of rotatable bonds is 9. The summed E-state index contributed by atoms with van der Waals surface area (Å²) in [5, 5.41) is 2.95. The third-order valence-corrected chi connectivity index (χ3v) is 3.42. The minimum absolute atomic E-state index is 0.177. The number of carbonyl (C=O) groups is 2. The second kappa shape index (κ2) is 8.96. The molecule has 0 unspecified atom stereocenters. The van der Waals surface area contributed by atoms with E-state index in [4.69, 9.17) is 14.2 Å². The van der Waals surface area contributed by atoms with Gasteiger partial charge >= 0.3 is 11.9 Å². The van der Waals surface area contributed by atoms with Crippen LogP contribution >= 0.6 is 0 Å². The van der Waals surface area contributed by atoms with Crippen molar-refractivity contribution in [2.75, 3.05) is 25.1 Å². The molecule has 6 heteroatoms. The zero-order chi connectivity index (χ0) is 17.4. The molecule has 0 bridgehead atoms. The SMILES string of the molecule is CCOC(=O)C(=CNc1ccccc1OCC1CC1)C(=O)OCC. The second-order valence-corrected chi connectivity index (χ2v) is 5.39. The van der Waals surface area contributed by atoms with Crippen LogP contribution in [0.3, 0.4) is 0 Å². The Kier molecular flexibility index (Phi) is 6.66. The minimum Gasteiger partial charge on any atom is -0.491 e. The van der Waals surface area contributed by atoms with Gasteiger partial charge in [0.25, 0.3) is 0 Å². The number of esters is 2. The molecule has 0 heterocycles. The van der Waals surface area contributed by atoms with Gasteiger partial charge < -0.3 is 19.5 Å². The zero-order valence-corrected chi connectivity index (χ0v) is 14.0. The van der Waals surface area contributed by atoms with Gasteiger partial charge in [-0.25, -0.2) is 9.59 Å². The van der Waals surface area contributed by atoms with Crippen molar-refractivity contribution in [2.24, 2.45) is 5.92 Å². The molecule has 0 spiro atoms. The lowest BCUT2D eigenvalue weighted by Crippen LogP contribution is -2.19. The first kappa shape index (κ1) is 17.8. The fourth-order valence-corrected chi connectivity index (χ4v) is 1.97. The van der Waals surface area contributed by atoms with Crippen LogP contribution in [-0.4, -0.2) is 31.8 Å². The summed E-state index contributed by atoms with van der Waals surface area (Å²) in [4.78, 5) is 23.9. The average molecular weight is 333 g/mol. The monoisotopic (exact) mass is 333 g/mol. The Morgan fingerprint density at radius 2 is 1.75 bits per heavy atom. The number of ether oxygens (including phenoxy) is 3. The van der Waals surface area contributed by atoms with E-state index in [1.54, 1.807) is 13.8 Å². The van der Waals surface area contributed by atoms with Crippen molar-refractivity contribution in [3.05, 3.63) is 36.0 Å². The molecule has 0 aromatic heterocycles. The molecule has 1 aromatic rings. The predicted octanol–water partition coefficient (Wildman–Crippen LogP) is 2.90. The number of nitrogens with one attached hydrogen (secondary N) is 1. The quantitative estimate of drug-likeness (QED) is 0.324. The van der Waals surface area contributed by atoms with E-state index >= 15 is 0 Å². The summed E-state index contributed by atoms with van der Waals surface area (Å²) in [6, 6.07) is 7.36. The van der Waals surface area contributed by atoms with Gasteiger partial charge in [-0.1, -0.05) is 12.1 Å². The third-order valence-electron chi connectivity index (χ3n) is 3.42. The van der Waals surface area contributed by atoms with E-state index in [1.165, 1.54) is 19.0 Å². The highest BCUT2D eigenvalue weighted by Crippen LogP contribution is 2.31. The lowest BCUT2D eigenvalue weighted by atomic mass is 10.2. The van der Waals surface area contributed by atoms with Crippen LogP contribution in [0.15, 0.2) is 36.0 Å². The molecule has 1 aliphatic carbocycles. The van der Waals surface area contributed by atoms with E-state index in [1.807, 2.05) is 24.3 Å². The van der Waals surface area contributed by atoms with Crippen molar-refractivity contribution < 1.29 is 23.8 Å². The molecule has 0 saturated heterocycles. The van der Waals surface area contributed by atoms with Gasteiger partial charge in [-0.05, 0) is 44.7 Å². The average Bonchev–Trinajstić information content (AvgIpc) is 3.39. The van der Waals surface area contributed by atoms with Gasteiger partial charge in [0.1, 0.15) is 5.75 Å². The first-order valence-electron chi connectivity index (χ1n) is 8.18. The van der Waals surface area contributed by atoms with Crippen LogP contribution in [0.4, 0.5) is 5.69 Å². The second-order valence-electron chi connectivity index (χ2n) is 5.39. The summed E-state index contributed by atoms with van der Waals surface area (Å²) in [6.07, 6.45) is 3.70. The Hall–Kier alpha value is -2.50. The molecule has 6 nitrogen and oxygen atoms in total. The molecule has 1 N–H and O–H groups in total. The van der Waals surface area contributed by atoms with Crippen molar-refractivity contribution in [1.82, 2.24) is 0 Å². The molecule has 24 heavy (non-hydrogen) atoms. The fraction of sp³-hybridized carbons (Fsp3) is 0.444. The zero-order valence-electron chi connectivity index (χ0n) is 14.0. The topological polar surface area (TPSA) is 73.9 Å². The number of carbonyl (C=O) groups excluding carboxylic acids is 2. The van der Waals surface area contributed by atoms with Gasteiger partial charge in [-0.15, -0.1) is 0 Å². The first-order valence-corrected chi connectivity index (χ1v) is 8.18. The van der Waals surface area contributed by atoms with E-state index in [-0.39, 0.29) is 18.8 Å². The van der Waals surface area contributed by atoms with E-state index in [2.05, 4.69) is 5.32 Å². The summed E-state index contributed by atoms with van der Waals surface area (Å²) < 4.78 is 15.6. The summed E-state index contributed by atoms with van der Waals surface area (Å²) in [6.45, 7) is 4.38. The van der Waals surface area contributed by atoms with Crippen molar-refractivity contribution >= 4 is 17.6 Å². The molecule has 130 valence electrons. The molecule has 1 aromatic carbocycles. The maximum atomic E-state index is 11.9. The van der Waals surface area contributed by atoms with Crippen LogP contribution in [0.2, 0.25) is 0 Å². The molecule has 0 amide bonds. The van der Waals surface area contributed by atoms with Crippen molar-refractivity contribution in [3.63, 3.8) is 0 Å². The molecule has 1 saturated carbocycles.